The molecule has 1 aliphatic rings. The highest BCUT2D eigenvalue weighted by Crippen LogP contribution is 2.28. The van der Waals surface area contributed by atoms with E-state index in [1.165, 1.54) is 11.2 Å². The van der Waals surface area contributed by atoms with E-state index in [2.05, 4.69) is 0 Å². The van der Waals surface area contributed by atoms with Gasteiger partial charge in [0.15, 0.2) is 0 Å². The van der Waals surface area contributed by atoms with E-state index in [4.69, 9.17) is 0 Å². The van der Waals surface area contributed by atoms with Gasteiger partial charge in [-0.15, -0.1) is 0 Å². The average molecular weight is 296 g/mol. The maximum atomic E-state index is 12.7. The summed E-state index contributed by atoms with van der Waals surface area (Å²) in [5, 5.41) is 0. The largest absolute Gasteiger partial charge is 0.325 e. The van der Waals surface area contributed by atoms with Crippen LogP contribution < -0.4 is 0 Å². The van der Waals surface area contributed by atoms with Gasteiger partial charge < -0.3 is 4.90 Å². The van der Waals surface area contributed by atoms with Crippen molar-refractivity contribution in [3.63, 3.8) is 0 Å². The molecule has 2 rings (SSSR count). The van der Waals surface area contributed by atoms with Crippen molar-refractivity contribution in [3.8, 4) is 0 Å². The number of hydrogen-bond acceptors (Lipinski definition) is 3. The summed E-state index contributed by atoms with van der Waals surface area (Å²) in [7, 11) is -3.56. The minimum Gasteiger partial charge on any atom is -0.325 e. The molecule has 0 bridgehead atoms. The zero-order valence-electron chi connectivity index (χ0n) is 12.0. The van der Waals surface area contributed by atoms with Crippen molar-refractivity contribution in [2.45, 2.75) is 31.8 Å². The van der Waals surface area contributed by atoms with Gasteiger partial charge in [-0.2, -0.15) is 4.31 Å². The molecule has 6 heteroatoms. The third kappa shape index (κ3) is 2.58. The van der Waals surface area contributed by atoms with Crippen LogP contribution in [0.1, 0.15) is 20.8 Å². The maximum Gasteiger partial charge on any atom is 0.244 e. The number of carbonyl (C=O) groups is 1. The zero-order chi connectivity index (χ0) is 14.9. The number of carbonyl (C=O) groups excluding carboxylic acids is 1. The predicted octanol–water partition coefficient (Wildman–Crippen LogP) is 1.52. The maximum absolute atomic E-state index is 12.7. The molecule has 5 nitrogen and oxygen atoms in total. The molecule has 1 aromatic carbocycles. The Morgan fingerprint density at radius 1 is 1.20 bits per heavy atom. The molecule has 0 aliphatic carbocycles. The minimum absolute atomic E-state index is 0.0416. The number of hydrogen-bond donors (Lipinski definition) is 0. The monoisotopic (exact) mass is 296 g/mol. The molecule has 20 heavy (non-hydrogen) atoms. The van der Waals surface area contributed by atoms with Gasteiger partial charge >= 0.3 is 0 Å². The summed E-state index contributed by atoms with van der Waals surface area (Å²) in [4.78, 5) is 13.6. The molecule has 0 saturated carbocycles. The first kappa shape index (κ1) is 15.0. The Morgan fingerprint density at radius 3 is 2.30 bits per heavy atom. The van der Waals surface area contributed by atoms with Crippen LogP contribution in [0, 0.1) is 5.92 Å². The zero-order valence-corrected chi connectivity index (χ0v) is 12.8. The molecule has 0 spiro atoms. The van der Waals surface area contributed by atoms with Crippen LogP contribution in [0.25, 0.3) is 0 Å². The van der Waals surface area contributed by atoms with Crippen LogP contribution in [0.15, 0.2) is 35.2 Å². The van der Waals surface area contributed by atoms with Crippen molar-refractivity contribution in [2.75, 3.05) is 13.1 Å². The Balaban J connectivity index is 2.39. The van der Waals surface area contributed by atoms with Gasteiger partial charge in [-0.05, 0) is 18.1 Å². The highest BCUT2D eigenvalue weighted by atomic mass is 32.2. The normalized spacial score (nSPS) is 20.6. The molecule has 1 saturated heterocycles. The summed E-state index contributed by atoms with van der Waals surface area (Å²) in [5.41, 5.74) is 0. The summed E-state index contributed by atoms with van der Waals surface area (Å²) < 4.78 is 26.8. The highest BCUT2D eigenvalue weighted by molar-refractivity contribution is 7.89. The smallest absolute Gasteiger partial charge is 0.244 e. The molecular weight excluding hydrogens is 276 g/mol. The molecule has 0 unspecified atom stereocenters. The molecule has 1 heterocycles. The second-order valence-electron chi connectivity index (χ2n) is 5.30. The van der Waals surface area contributed by atoms with Gasteiger partial charge in [0.25, 0.3) is 0 Å². The van der Waals surface area contributed by atoms with E-state index in [1.54, 1.807) is 35.2 Å². The van der Waals surface area contributed by atoms with Crippen molar-refractivity contribution >= 4 is 15.9 Å². The lowest BCUT2D eigenvalue weighted by Gasteiger charge is -2.32. The molecule has 110 valence electrons. The van der Waals surface area contributed by atoms with E-state index in [0.717, 1.165) is 0 Å². The van der Waals surface area contributed by atoms with E-state index < -0.39 is 16.2 Å². The molecule has 1 atom stereocenters. The average Bonchev–Trinajstić information content (AvgIpc) is 2.85. The molecule has 0 radical (unpaired) electrons. The number of nitrogens with zero attached hydrogens (tertiary/aromatic N) is 2. The van der Waals surface area contributed by atoms with Gasteiger partial charge in [0, 0.05) is 20.0 Å². The number of sulfonamides is 1. The Morgan fingerprint density at radius 2 is 1.80 bits per heavy atom. The molecular formula is C14H20N2O3S. The molecule has 1 amide bonds. The number of benzene rings is 1. The third-order valence-electron chi connectivity index (χ3n) is 3.53. The Bertz CT molecular complexity index is 584. The first-order chi connectivity index (χ1) is 9.35. The van der Waals surface area contributed by atoms with Crippen molar-refractivity contribution < 1.29 is 13.2 Å². The van der Waals surface area contributed by atoms with Gasteiger partial charge in [-0.1, -0.05) is 32.0 Å². The molecule has 0 aromatic heterocycles. The summed E-state index contributed by atoms with van der Waals surface area (Å²) >= 11 is 0. The second kappa shape index (κ2) is 5.54. The summed E-state index contributed by atoms with van der Waals surface area (Å²) in [5.74, 6) is -0.0469. The van der Waals surface area contributed by atoms with Crippen LogP contribution in [-0.2, 0) is 14.8 Å². The lowest BCUT2D eigenvalue weighted by molar-refractivity contribution is -0.131. The highest BCUT2D eigenvalue weighted by Gasteiger charge is 2.42. The van der Waals surface area contributed by atoms with Crippen molar-refractivity contribution in [1.82, 2.24) is 9.21 Å². The predicted molar refractivity (Wildman–Crippen MR) is 76.3 cm³/mol. The van der Waals surface area contributed by atoms with Crippen molar-refractivity contribution in [3.05, 3.63) is 30.3 Å². The van der Waals surface area contributed by atoms with Gasteiger partial charge in [-0.3, -0.25) is 4.79 Å². The summed E-state index contributed by atoms with van der Waals surface area (Å²) in [6, 6.07) is 8.36. The summed E-state index contributed by atoms with van der Waals surface area (Å²) in [6.45, 7) is 6.14. The molecule has 1 aromatic rings. The molecule has 1 fully saturated rings. The fourth-order valence-electron chi connectivity index (χ4n) is 2.65. The standard InChI is InChI=1S/C14H20N2O3S/c1-11(2)14-15(12(3)17)9-10-16(14)20(18,19)13-7-5-4-6-8-13/h4-8,11,14H,9-10H2,1-3H3/t14-/m0/s1. The van der Waals surface area contributed by atoms with Crippen LogP contribution in [0.2, 0.25) is 0 Å². The van der Waals surface area contributed by atoms with E-state index in [-0.39, 0.29) is 16.7 Å². The summed E-state index contributed by atoms with van der Waals surface area (Å²) in [6.07, 6.45) is -0.405. The van der Waals surface area contributed by atoms with Gasteiger partial charge in [0.05, 0.1) is 4.90 Å². The van der Waals surface area contributed by atoms with Crippen LogP contribution in [0.4, 0.5) is 0 Å². The van der Waals surface area contributed by atoms with Crippen LogP contribution in [0.5, 0.6) is 0 Å². The van der Waals surface area contributed by atoms with E-state index in [0.29, 0.717) is 13.1 Å². The Kier molecular flexibility index (Phi) is 4.15. The van der Waals surface area contributed by atoms with Gasteiger partial charge in [-0.25, -0.2) is 8.42 Å². The topological polar surface area (TPSA) is 57.7 Å². The van der Waals surface area contributed by atoms with Crippen LogP contribution in [-0.4, -0.2) is 42.8 Å². The molecule has 0 N–H and O–H groups in total. The van der Waals surface area contributed by atoms with Crippen LogP contribution in [0.3, 0.4) is 0 Å². The second-order valence-corrected chi connectivity index (χ2v) is 7.19. The minimum atomic E-state index is -3.56. The van der Waals surface area contributed by atoms with E-state index in [9.17, 15) is 13.2 Å². The fourth-order valence-corrected chi connectivity index (χ4v) is 4.39. The van der Waals surface area contributed by atoms with E-state index >= 15 is 0 Å². The van der Waals surface area contributed by atoms with E-state index in [1.807, 2.05) is 13.8 Å². The quantitative estimate of drug-likeness (QED) is 0.850. The lowest BCUT2D eigenvalue weighted by atomic mass is 10.1. The van der Waals surface area contributed by atoms with Gasteiger partial charge in [0.1, 0.15) is 6.17 Å². The Hall–Kier alpha value is -1.40. The first-order valence-electron chi connectivity index (χ1n) is 6.70. The first-order valence-corrected chi connectivity index (χ1v) is 8.14. The third-order valence-corrected chi connectivity index (χ3v) is 5.41. The Labute approximate surface area is 120 Å². The SMILES string of the molecule is CC(=O)N1CCN(S(=O)(=O)c2ccccc2)[C@H]1C(C)C. The van der Waals surface area contributed by atoms with Crippen LogP contribution >= 0.6 is 0 Å². The van der Waals surface area contributed by atoms with Crippen molar-refractivity contribution in [2.24, 2.45) is 5.92 Å². The fraction of sp³-hybridized carbons (Fsp3) is 0.500. The van der Waals surface area contributed by atoms with Crippen molar-refractivity contribution in [1.29, 1.82) is 0 Å². The lowest BCUT2D eigenvalue weighted by Crippen LogP contribution is -2.46. The number of amides is 1. The number of rotatable bonds is 3. The molecule has 1 aliphatic heterocycles. The van der Waals surface area contributed by atoms with Gasteiger partial charge in [0.2, 0.25) is 15.9 Å².